The molecule has 0 saturated carbocycles. The van der Waals surface area contributed by atoms with Crippen LogP contribution in [0.2, 0.25) is 0 Å². The molecule has 0 aromatic heterocycles. The quantitative estimate of drug-likeness (QED) is 0.330. The molecule has 0 bridgehead atoms. The fourth-order valence-electron chi connectivity index (χ4n) is 4.28. The van der Waals surface area contributed by atoms with Gasteiger partial charge in [-0.05, 0) is 62.2 Å². The lowest BCUT2D eigenvalue weighted by Crippen LogP contribution is -2.58. The van der Waals surface area contributed by atoms with E-state index in [9.17, 15) is 14.0 Å². The average Bonchev–Trinajstić information content (AvgIpc) is 2.86. The Morgan fingerprint density at radius 3 is 2.34 bits per heavy atom. The van der Waals surface area contributed by atoms with E-state index in [1.807, 2.05) is 11.8 Å². The molecule has 6 nitrogen and oxygen atoms in total. The van der Waals surface area contributed by atoms with Crippen LogP contribution in [0, 0.1) is 5.82 Å². The maximum absolute atomic E-state index is 13.2. The molecule has 2 atom stereocenters. The molecule has 7 heteroatoms. The van der Waals surface area contributed by atoms with Gasteiger partial charge in [-0.2, -0.15) is 0 Å². The third-order valence-electron chi connectivity index (χ3n) is 6.42. The highest BCUT2D eigenvalue weighted by Crippen LogP contribution is 2.19. The molecule has 1 aliphatic rings. The van der Waals surface area contributed by atoms with Gasteiger partial charge in [-0.25, -0.2) is 9.18 Å². The number of esters is 1. The van der Waals surface area contributed by atoms with E-state index in [0.717, 1.165) is 44.3 Å². The molecule has 3 rings (SSSR count). The minimum absolute atomic E-state index is 0.0391. The van der Waals surface area contributed by atoms with Crippen LogP contribution in [0.5, 0.6) is 5.75 Å². The molecule has 2 aromatic carbocycles. The third kappa shape index (κ3) is 8.06. The van der Waals surface area contributed by atoms with Crippen molar-refractivity contribution in [2.24, 2.45) is 0 Å². The normalized spacial score (nSPS) is 18.3. The van der Waals surface area contributed by atoms with Crippen LogP contribution in [0.1, 0.15) is 62.4 Å². The zero-order valence-electron chi connectivity index (χ0n) is 21.0. The molecule has 0 aliphatic carbocycles. The number of carbonyl (C=O) groups excluding carboxylic acids is 2. The Morgan fingerprint density at radius 2 is 1.66 bits per heavy atom. The Balaban J connectivity index is 1.44. The molecule has 1 saturated heterocycles. The summed E-state index contributed by atoms with van der Waals surface area (Å²) in [5, 5.41) is 0. The molecular weight excluding hydrogens is 447 g/mol. The monoisotopic (exact) mass is 484 g/mol. The average molecular weight is 485 g/mol. The van der Waals surface area contributed by atoms with Crippen LogP contribution in [0.4, 0.5) is 4.39 Å². The van der Waals surface area contributed by atoms with Crippen molar-refractivity contribution < 1.29 is 23.5 Å². The second kappa shape index (κ2) is 13.2. The Bertz CT molecular complexity index is 948. The van der Waals surface area contributed by atoms with E-state index in [1.54, 1.807) is 36.4 Å². The van der Waals surface area contributed by atoms with Crippen LogP contribution in [0.25, 0.3) is 0 Å². The molecule has 1 amide bonds. The van der Waals surface area contributed by atoms with Crippen LogP contribution in [-0.4, -0.2) is 60.1 Å². The minimum Gasteiger partial charge on any atom is -0.484 e. The molecule has 1 heterocycles. The summed E-state index contributed by atoms with van der Waals surface area (Å²) in [7, 11) is 0. The van der Waals surface area contributed by atoms with E-state index >= 15 is 0 Å². The van der Waals surface area contributed by atoms with Gasteiger partial charge in [-0.1, -0.05) is 38.3 Å². The zero-order valence-corrected chi connectivity index (χ0v) is 21.0. The number of halogens is 1. The smallest absolute Gasteiger partial charge is 0.338 e. The minimum atomic E-state index is -0.342. The standard InChI is InChI=1S/C28H37FN2O4/c1-4-5-6-7-16-34-28(33)24-10-14-26(15-11-24)35-20-27(32)31-18-21(2)30(17-22(31)3)19-23-8-12-25(29)13-9-23/h8-15,21-22H,4-7,16-20H2,1-3H3. The summed E-state index contributed by atoms with van der Waals surface area (Å²) >= 11 is 0. The van der Waals surface area contributed by atoms with Crippen molar-refractivity contribution in [2.75, 3.05) is 26.3 Å². The van der Waals surface area contributed by atoms with Crippen molar-refractivity contribution in [3.05, 3.63) is 65.5 Å². The summed E-state index contributed by atoms with van der Waals surface area (Å²) in [4.78, 5) is 29.2. The molecular formula is C28H37FN2O4. The highest BCUT2D eigenvalue weighted by molar-refractivity contribution is 5.89. The lowest BCUT2D eigenvalue weighted by Gasteiger charge is -2.44. The number of nitrogens with zero attached hydrogens (tertiary/aromatic N) is 2. The van der Waals surface area contributed by atoms with Gasteiger partial charge in [0.1, 0.15) is 11.6 Å². The van der Waals surface area contributed by atoms with Crippen molar-refractivity contribution >= 4 is 11.9 Å². The van der Waals surface area contributed by atoms with Gasteiger partial charge in [-0.15, -0.1) is 0 Å². The number of amides is 1. The topological polar surface area (TPSA) is 59.1 Å². The second-order valence-electron chi connectivity index (χ2n) is 9.31. The maximum atomic E-state index is 13.2. The fraction of sp³-hybridized carbons (Fsp3) is 0.500. The Kier molecular flexibility index (Phi) is 10.1. The van der Waals surface area contributed by atoms with Crippen LogP contribution >= 0.6 is 0 Å². The van der Waals surface area contributed by atoms with Gasteiger partial charge in [0.2, 0.25) is 0 Å². The highest BCUT2D eigenvalue weighted by Gasteiger charge is 2.32. The van der Waals surface area contributed by atoms with E-state index in [1.165, 1.54) is 12.1 Å². The zero-order chi connectivity index (χ0) is 25.2. The maximum Gasteiger partial charge on any atom is 0.338 e. The Hall–Kier alpha value is -2.93. The Labute approximate surface area is 208 Å². The largest absolute Gasteiger partial charge is 0.484 e. The van der Waals surface area contributed by atoms with E-state index in [-0.39, 0.29) is 36.4 Å². The number of benzene rings is 2. The highest BCUT2D eigenvalue weighted by atomic mass is 19.1. The molecule has 1 aliphatic heterocycles. The molecule has 0 spiro atoms. The first-order valence-corrected chi connectivity index (χ1v) is 12.5. The summed E-state index contributed by atoms with van der Waals surface area (Å²) in [6.45, 7) is 8.70. The molecule has 0 N–H and O–H groups in total. The Morgan fingerprint density at radius 1 is 0.943 bits per heavy atom. The van der Waals surface area contributed by atoms with Crippen molar-refractivity contribution in [1.29, 1.82) is 0 Å². The number of hydrogen-bond acceptors (Lipinski definition) is 5. The van der Waals surface area contributed by atoms with Gasteiger partial charge in [0.25, 0.3) is 5.91 Å². The predicted molar refractivity (Wildman–Crippen MR) is 134 cm³/mol. The third-order valence-corrected chi connectivity index (χ3v) is 6.42. The second-order valence-corrected chi connectivity index (χ2v) is 9.31. The van der Waals surface area contributed by atoms with Gasteiger partial charge in [0.15, 0.2) is 6.61 Å². The first-order valence-electron chi connectivity index (χ1n) is 12.5. The summed E-state index contributed by atoms with van der Waals surface area (Å²) in [6, 6.07) is 13.5. The number of unbranched alkanes of at least 4 members (excludes halogenated alkanes) is 3. The number of piperazine rings is 1. The summed E-state index contributed by atoms with van der Waals surface area (Å²) in [5.41, 5.74) is 1.52. The first-order chi connectivity index (χ1) is 16.9. The van der Waals surface area contributed by atoms with E-state index < -0.39 is 0 Å². The molecule has 0 radical (unpaired) electrons. The number of hydrogen-bond donors (Lipinski definition) is 0. The SMILES string of the molecule is CCCCCCOC(=O)c1ccc(OCC(=O)N2CC(C)N(Cc3ccc(F)cc3)CC2C)cc1. The molecule has 1 fully saturated rings. The van der Waals surface area contributed by atoms with Gasteiger partial charge in [-0.3, -0.25) is 9.69 Å². The van der Waals surface area contributed by atoms with Gasteiger partial charge in [0, 0.05) is 31.7 Å². The summed E-state index contributed by atoms with van der Waals surface area (Å²) in [5.74, 6) is -0.113. The number of carbonyl (C=O) groups is 2. The van der Waals surface area contributed by atoms with Crippen molar-refractivity contribution in [3.8, 4) is 5.75 Å². The fourth-order valence-corrected chi connectivity index (χ4v) is 4.28. The molecule has 2 aromatic rings. The van der Waals surface area contributed by atoms with Crippen LogP contribution in [0.3, 0.4) is 0 Å². The summed E-state index contributed by atoms with van der Waals surface area (Å²) < 4.78 is 24.2. The van der Waals surface area contributed by atoms with Crippen LogP contribution in [-0.2, 0) is 16.1 Å². The van der Waals surface area contributed by atoms with E-state index in [4.69, 9.17) is 9.47 Å². The van der Waals surface area contributed by atoms with Gasteiger partial charge in [0.05, 0.1) is 12.2 Å². The van der Waals surface area contributed by atoms with Gasteiger partial charge >= 0.3 is 5.97 Å². The first kappa shape index (κ1) is 26.7. The lowest BCUT2D eigenvalue weighted by atomic mass is 10.1. The van der Waals surface area contributed by atoms with Crippen LogP contribution < -0.4 is 4.74 Å². The molecule has 190 valence electrons. The van der Waals surface area contributed by atoms with Crippen molar-refractivity contribution in [1.82, 2.24) is 9.80 Å². The predicted octanol–water partition coefficient (Wildman–Crippen LogP) is 5.06. The van der Waals surface area contributed by atoms with E-state index in [0.29, 0.717) is 24.5 Å². The van der Waals surface area contributed by atoms with Crippen molar-refractivity contribution in [3.63, 3.8) is 0 Å². The molecule has 35 heavy (non-hydrogen) atoms. The van der Waals surface area contributed by atoms with E-state index in [2.05, 4.69) is 18.7 Å². The molecule has 2 unspecified atom stereocenters. The van der Waals surface area contributed by atoms with Crippen molar-refractivity contribution in [2.45, 2.75) is 65.1 Å². The van der Waals surface area contributed by atoms with Gasteiger partial charge < -0.3 is 14.4 Å². The lowest BCUT2D eigenvalue weighted by molar-refractivity contribution is -0.139. The number of ether oxygens (including phenoxy) is 2. The van der Waals surface area contributed by atoms with Crippen LogP contribution in [0.15, 0.2) is 48.5 Å². The number of rotatable bonds is 11. The summed E-state index contributed by atoms with van der Waals surface area (Å²) in [6.07, 6.45) is 4.22.